The van der Waals surface area contributed by atoms with Crippen LogP contribution < -0.4 is 4.90 Å². The highest BCUT2D eigenvalue weighted by molar-refractivity contribution is 7.15. The van der Waals surface area contributed by atoms with Gasteiger partial charge < -0.3 is 14.5 Å². The molecule has 116 valence electrons. The van der Waals surface area contributed by atoms with Crippen LogP contribution in [0.1, 0.15) is 36.3 Å². The van der Waals surface area contributed by atoms with Gasteiger partial charge in [-0.25, -0.2) is 4.98 Å². The third-order valence-corrected chi connectivity index (χ3v) is 5.63. The van der Waals surface area contributed by atoms with Crippen molar-refractivity contribution in [1.29, 1.82) is 0 Å². The number of esters is 1. The third-order valence-electron chi connectivity index (χ3n) is 4.44. The minimum Gasteiger partial charge on any atom is -0.465 e. The van der Waals surface area contributed by atoms with Crippen LogP contribution in [0, 0.1) is 0 Å². The van der Waals surface area contributed by atoms with Gasteiger partial charge in [-0.15, -0.1) is 11.3 Å². The first-order valence-corrected chi connectivity index (χ1v) is 8.49. The molecular weight excluding hydrogens is 286 g/mol. The smallest absolute Gasteiger partial charge is 0.315 e. The monoisotopic (exact) mass is 309 g/mol. The Labute approximate surface area is 129 Å². The van der Waals surface area contributed by atoms with Crippen LogP contribution in [0.25, 0.3) is 0 Å². The fourth-order valence-corrected chi connectivity index (χ4v) is 4.33. The Morgan fingerprint density at radius 1 is 1.48 bits per heavy atom. The van der Waals surface area contributed by atoms with Gasteiger partial charge in [0.25, 0.3) is 0 Å². The molecule has 0 aromatic carbocycles. The van der Waals surface area contributed by atoms with Crippen LogP contribution >= 0.6 is 11.3 Å². The molecule has 1 saturated heterocycles. The molecule has 1 aliphatic heterocycles. The molecule has 21 heavy (non-hydrogen) atoms. The molecule has 1 fully saturated rings. The summed E-state index contributed by atoms with van der Waals surface area (Å²) in [6.45, 7) is 4.38. The Hall–Kier alpha value is -1.14. The normalized spacial score (nSPS) is 24.7. The number of ether oxygens (including phenoxy) is 1. The summed E-state index contributed by atoms with van der Waals surface area (Å²) in [5.74, 6) is -0.252. The Morgan fingerprint density at radius 2 is 2.29 bits per heavy atom. The van der Waals surface area contributed by atoms with Gasteiger partial charge in [0, 0.05) is 24.0 Å². The van der Waals surface area contributed by atoms with Gasteiger partial charge in [-0.1, -0.05) is 0 Å². The Bertz CT molecular complexity index is 529. The first kappa shape index (κ1) is 14.8. The summed E-state index contributed by atoms with van der Waals surface area (Å²) in [7, 11) is 4.26. The van der Waals surface area contributed by atoms with Crippen molar-refractivity contribution < 1.29 is 9.53 Å². The lowest BCUT2D eigenvalue weighted by atomic mass is 10.1. The van der Waals surface area contributed by atoms with Crippen molar-refractivity contribution in [2.75, 3.05) is 38.7 Å². The van der Waals surface area contributed by atoms with Gasteiger partial charge in [0.2, 0.25) is 0 Å². The predicted molar refractivity (Wildman–Crippen MR) is 84.1 cm³/mol. The third kappa shape index (κ3) is 2.79. The lowest BCUT2D eigenvalue weighted by Crippen LogP contribution is -2.31. The lowest BCUT2D eigenvalue weighted by Gasteiger charge is -2.20. The molecule has 1 aromatic rings. The second kappa shape index (κ2) is 5.93. The van der Waals surface area contributed by atoms with Gasteiger partial charge >= 0.3 is 5.97 Å². The average Bonchev–Trinajstić information content (AvgIpc) is 3.13. The van der Waals surface area contributed by atoms with Crippen molar-refractivity contribution >= 4 is 22.4 Å². The van der Waals surface area contributed by atoms with Crippen LogP contribution in [0.3, 0.4) is 0 Å². The summed E-state index contributed by atoms with van der Waals surface area (Å²) < 4.78 is 5.17. The number of likely N-dealkylation sites (N-methyl/N-ethyl adjacent to an activating group) is 1. The molecule has 0 bridgehead atoms. The Kier molecular flexibility index (Phi) is 4.17. The zero-order chi connectivity index (χ0) is 15.0. The zero-order valence-electron chi connectivity index (χ0n) is 13.0. The molecule has 2 unspecified atom stereocenters. The number of hydrogen-bond donors (Lipinski definition) is 0. The van der Waals surface area contributed by atoms with Gasteiger partial charge in [-0.3, -0.25) is 4.79 Å². The topological polar surface area (TPSA) is 45.7 Å². The van der Waals surface area contributed by atoms with Crippen LogP contribution in [0.2, 0.25) is 0 Å². The molecule has 5 nitrogen and oxygen atoms in total. The maximum absolute atomic E-state index is 12.0. The second-order valence-corrected chi connectivity index (χ2v) is 7.06. The van der Waals surface area contributed by atoms with E-state index in [9.17, 15) is 4.79 Å². The van der Waals surface area contributed by atoms with Gasteiger partial charge in [0.05, 0.1) is 12.3 Å². The van der Waals surface area contributed by atoms with Crippen LogP contribution in [0.5, 0.6) is 0 Å². The van der Waals surface area contributed by atoms with Crippen LogP contribution in [-0.4, -0.2) is 55.7 Å². The first-order chi connectivity index (χ1) is 10.1. The molecule has 3 rings (SSSR count). The summed E-state index contributed by atoms with van der Waals surface area (Å²) in [6, 6.07) is 0.601. The lowest BCUT2D eigenvalue weighted by molar-refractivity contribution is -0.145. The van der Waals surface area contributed by atoms with Crippen molar-refractivity contribution in [3.8, 4) is 0 Å². The van der Waals surface area contributed by atoms with Crippen molar-refractivity contribution in [3.05, 3.63) is 10.6 Å². The van der Waals surface area contributed by atoms with Crippen LogP contribution in [-0.2, 0) is 16.0 Å². The standard InChI is InChI=1S/C15H23N3O2S/c1-4-20-14(19)11-5-6-12-13(11)16-15(21-12)18-8-7-10(9-18)17(2)3/h10-11H,4-9H2,1-3H3. The molecule has 0 N–H and O–H groups in total. The summed E-state index contributed by atoms with van der Waals surface area (Å²) in [5, 5.41) is 1.08. The molecule has 0 amide bonds. The molecular formula is C15H23N3O2S. The van der Waals surface area contributed by atoms with E-state index in [0.717, 1.165) is 36.8 Å². The minimum atomic E-state index is -0.141. The maximum Gasteiger partial charge on any atom is 0.315 e. The van der Waals surface area contributed by atoms with E-state index in [1.54, 1.807) is 11.3 Å². The summed E-state index contributed by atoms with van der Waals surface area (Å²) in [4.78, 5) is 22.7. The number of anilines is 1. The zero-order valence-corrected chi connectivity index (χ0v) is 13.8. The van der Waals surface area contributed by atoms with Crippen molar-refractivity contribution in [1.82, 2.24) is 9.88 Å². The van der Waals surface area contributed by atoms with Crippen molar-refractivity contribution in [3.63, 3.8) is 0 Å². The number of hydrogen-bond acceptors (Lipinski definition) is 6. The van der Waals surface area contributed by atoms with E-state index >= 15 is 0 Å². The number of carbonyl (C=O) groups is 1. The van der Waals surface area contributed by atoms with Crippen LogP contribution in [0.15, 0.2) is 0 Å². The number of aryl methyl sites for hydroxylation is 1. The van der Waals surface area contributed by atoms with E-state index in [1.165, 1.54) is 11.3 Å². The fourth-order valence-electron chi connectivity index (χ4n) is 3.16. The van der Waals surface area contributed by atoms with E-state index in [0.29, 0.717) is 12.6 Å². The SMILES string of the molecule is CCOC(=O)C1CCc2sc(N3CCC(N(C)C)C3)nc21. The highest BCUT2D eigenvalue weighted by Crippen LogP contribution is 2.40. The number of fused-ring (bicyclic) bond motifs is 1. The molecule has 1 aromatic heterocycles. The van der Waals surface area contributed by atoms with Gasteiger partial charge in [-0.05, 0) is 40.3 Å². The largest absolute Gasteiger partial charge is 0.465 e. The summed E-state index contributed by atoms with van der Waals surface area (Å²) in [5.41, 5.74) is 0.974. The number of aromatic nitrogens is 1. The highest BCUT2D eigenvalue weighted by Gasteiger charge is 2.35. The van der Waals surface area contributed by atoms with E-state index in [1.807, 2.05) is 6.92 Å². The molecule has 0 spiro atoms. The van der Waals surface area contributed by atoms with E-state index in [2.05, 4.69) is 23.9 Å². The number of nitrogens with zero attached hydrogens (tertiary/aromatic N) is 3. The van der Waals surface area contributed by atoms with Crippen LogP contribution in [0.4, 0.5) is 5.13 Å². The summed E-state index contributed by atoms with van der Waals surface area (Å²) in [6.07, 6.45) is 2.99. The van der Waals surface area contributed by atoms with E-state index in [4.69, 9.17) is 9.72 Å². The van der Waals surface area contributed by atoms with Crippen molar-refractivity contribution in [2.45, 2.75) is 38.1 Å². The predicted octanol–water partition coefficient (Wildman–Crippen LogP) is 1.88. The van der Waals surface area contributed by atoms with Gasteiger partial charge in [-0.2, -0.15) is 0 Å². The quantitative estimate of drug-likeness (QED) is 0.795. The van der Waals surface area contributed by atoms with E-state index < -0.39 is 0 Å². The number of thiazole rings is 1. The minimum absolute atomic E-state index is 0.110. The number of rotatable bonds is 4. The molecule has 2 atom stereocenters. The molecule has 2 aliphatic rings. The molecule has 1 aliphatic carbocycles. The highest BCUT2D eigenvalue weighted by atomic mass is 32.1. The second-order valence-electron chi connectivity index (χ2n) is 6.00. The fraction of sp³-hybridized carbons (Fsp3) is 0.733. The Morgan fingerprint density at radius 3 is 2.95 bits per heavy atom. The maximum atomic E-state index is 12.0. The number of carbonyl (C=O) groups excluding carboxylic acids is 1. The molecule has 6 heteroatoms. The van der Waals surface area contributed by atoms with E-state index in [-0.39, 0.29) is 11.9 Å². The van der Waals surface area contributed by atoms with Gasteiger partial charge in [0.15, 0.2) is 5.13 Å². The molecule has 0 radical (unpaired) electrons. The Balaban J connectivity index is 1.74. The van der Waals surface area contributed by atoms with Gasteiger partial charge in [0.1, 0.15) is 5.92 Å². The first-order valence-electron chi connectivity index (χ1n) is 7.67. The van der Waals surface area contributed by atoms with Crippen molar-refractivity contribution in [2.24, 2.45) is 0 Å². The summed E-state index contributed by atoms with van der Waals surface area (Å²) >= 11 is 1.76. The average molecular weight is 309 g/mol. The molecule has 0 saturated carbocycles. The molecule has 2 heterocycles.